The number of amides is 1. The summed E-state index contributed by atoms with van der Waals surface area (Å²) in [5, 5.41) is 3.71. The maximum atomic E-state index is 12.1. The first kappa shape index (κ1) is 14.3. The summed E-state index contributed by atoms with van der Waals surface area (Å²) in [5.74, 6) is -0.242. The smallest absolute Gasteiger partial charge is 0.258 e. The molecule has 1 aliphatic rings. The Morgan fingerprint density at radius 2 is 2.16 bits per heavy atom. The van der Waals surface area contributed by atoms with E-state index in [1.54, 1.807) is 24.3 Å². The lowest BCUT2D eigenvalue weighted by Gasteiger charge is -2.35. The van der Waals surface area contributed by atoms with E-state index in [-0.39, 0.29) is 5.91 Å². The lowest BCUT2D eigenvalue weighted by atomic mass is 10.0. The van der Waals surface area contributed by atoms with E-state index in [4.69, 9.17) is 23.8 Å². The second-order valence-corrected chi connectivity index (χ2v) is 5.57. The molecule has 5 heteroatoms. The summed E-state index contributed by atoms with van der Waals surface area (Å²) < 4.78 is 0. The zero-order valence-corrected chi connectivity index (χ0v) is 12.4. The third-order valence-corrected chi connectivity index (χ3v) is 4.07. The largest absolute Gasteiger partial charge is 0.346 e. The number of halogens is 1. The van der Waals surface area contributed by atoms with Gasteiger partial charge in [-0.05, 0) is 50.5 Å². The van der Waals surface area contributed by atoms with Crippen molar-refractivity contribution in [1.82, 2.24) is 10.2 Å². The first-order valence-electron chi connectivity index (χ1n) is 6.46. The number of hydrogen-bond acceptors (Lipinski definition) is 2. The minimum atomic E-state index is -0.242. The molecule has 1 saturated heterocycles. The lowest BCUT2D eigenvalue weighted by Crippen LogP contribution is -2.49. The number of carbonyl (C=O) groups excluding carboxylic acids is 1. The highest BCUT2D eigenvalue weighted by molar-refractivity contribution is 7.80. The zero-order valence-electron chi connectivity index (χ0n) is 10.9. The maximum absolute atomic E-state index is 12.1. The monoisotopic (exact) mass is 296 g/mol. The third-order valence-electron chi connectivity index (χ3n) is 3.40. The Bertz CT molecular complexity index is 492. The highest BCUT2D eigenvalue weighted by Gasteiger charge is 2.22. The summed E-state index contributed by atoms with van der Waals surface area (Å²) in [6.45, 7) is 3.04. The molecule has 0 saturated carbocycles. The normalized spacial score (nSPS) is 19.1. The van der Waals surface area contributed by atoms with Gasteiger partial charge in [-0.15, -0.1) is 0 Å². The molecule has 0 unspecified atom stereocenters. The number of likely N-dealkylation sites (tertiary alicyclic amines) is 1. The fourth-order valence-electron chi connectivity index (χ4n) is 2.28. The van der Waals surface area contributed by atoms with Crippen molar-refractivity contribution in [1.29, 1.82) is 0 Å². The predicted octanol–water partition coefficient (Wildman–Crippen LogP) is 3.23. The van der Waals surface area contributed by atoms with E-state index in [0.29, 0.717) is 21.7 Å². The van der Waals surface area contributed by atoms with Crippen molar-refractivity contribution >= 4 is 34.8 Å². The molecule has 2 rings (SSSR count). The van der Waals surface area contributed by atoms with Crippen molar-refractivity contribution in [3.05, 3.63) is 34.9 Å². The average molecular weight is 297 g/mol. The van der Waals surface area contributed by atoms with Crippen LogP contribution in [0, 0.1) is 0 Å². The highest BCUT2D eigenvalue weighted by Crippen LogP contribution is 2.18. The number of nitrogens with one attached hydrogen (secondary N) is 1. The van der Waals surface area contributed by atoms with Gasteiger partial charge in [0.2, 0.25) is 0 Å². The Morgan fingerprint density at radius 3 is 2.84 bits per heavy atom. The van der Waals surface area contributed by atoms with Gasteiger partial charge in [-0.25, -0.2) is 0 Å². The highest BCUT2D eigenvalue weighted by atomic mass is 35.5. The lowest BCUT2D eigenvalue weighted by molar-refractivity contribution is 0.0970. The molecule has 19 heavy (non-hydrogen) atoms. The second kappa shape index (κ2) is 6.35. The SMILES string of the molecule is C[C@@H]1CCCCN1C(=S)NC(=O)c1ccccc1Cl. The first-order valence-corrected chi connectivity index (χ1v) is 7.24. The van der Waals surface area contributed by atoms with Crippen LogP contribution in [0.2, 0.25) is 5.02 Å². The maximum Gasteiger partial charge on any atom is 0.258 e. The molecule has 1 amide bonds. The molecule has 1 aromatic rings. The van der Waals surface area contributed by atoms with E-state index in [9.17, 15) is 4.79 Å². The van der Waals surface area contributed by atoms with Crippen LogP contribution in [0.1, 0.15) is 36.5 Å². The van der Waals surface area contributed by atoms with Crippen molar-refractivity contribution in [2.75, 3.05) is 6.54 Å². The Labute approximate surface area is 123 Å². The molecule has 0 aromatic heterocycles. The number of nitrogens with zero attached hydrogens (tertiary/aromatic N) is 1. The fourth-order valence-corrected chi connectivity index (χ4v) is 2.87. The van der Waals surface area contributed by atoms with Gasteiger partial charge in [0, 0.05) is 12.6 Å². The van der Waals surface area contributed by atoms with Crippen LogP contribution in [0.3, 0.4) is 0 Å². The fraction of sp³-hybridized carbons (Fsp3) is 0.429. The summed E-state index contributed by atoms with van der Waals surface area (Å²) in [7, 11) is 0. The number of thiocarbonyl (C=S) groups is 1. The van der Waals surface area contributed by atoms with Gasteiger partial charge in [0.1, 0.15) is 0 Å². The molecule has 3 nitrogen and oxygen atoms in total. The van der Waals surface area contributed by atoms with Crippen LogP contribution in [0.25, 0.3) is 0 Å². The van der Waals surface area contributed by atoms with Gasteiger partial charge in [0.15, 0.2) is 5.11 Å². The summed E-state index contributed by atoms with van der Waals surface area (Å²) in [5.41, 5.74) is 0.455. The van der Waals surface area contributed by atoms with Crippen molar-refractivity contribution in [2.24, 2.45) is 0 Å². The summed E-state index contributed by atoms with van der Waals surface area (Å²) in [4.78, 5) is 14.2. The molecular formula is C14H17ClN2OS. The summed E-state index contributed by atoms with van der Waals surface area (Å²) in [6.07, 6.45) is 3.45. The Kier molecular flexibility index (Phi) is 4.77. The van der Waals surface area contributed by atoms with Crippen LogP contribution in [0.5, 0.6) is 0 Å². The summed E-state index contributed by atoms with van der Waals surface area (Å²) >= 11 is 11.3. The van der Waals surface area contributed by atoms with Crippen LogP contribution in [0.15, 0.2) is 24.3 Å². The van der Waals surface area contributed by atoms with E-state index in [1.165, 1.54) is 6.42 Å². The van der Waals surface area contributed by atoms with Gasteiger partial charge < -0.3 is 4.90 Å². The van der Waals surface area contributed by atoms with Crippen molar-refractivity contribution in [3.63, 3.8) is 0 Å². The van der Waals surface area contributed by atoms with Crippen LogP contribution in [0.4, 0.5) is 0 Å². The molecular weight excluding hydrogens is 280 g/mol. The predicted molar refractivity (Wildman–Crippen MR) is 81.5 cm³/mol. The quantitative estimate of drug-likeness (QED) is 0.808. The van der Waals surface area contributed by atoms with E-state index in [2.05, 4.69) is 17.1 Å². The average Bonchev–Trinajstić information content (AvgIpc) is 2.39. The Morgan fingerprint density at radius 1 is 1.42 bits per heavy atom. The molecule has 0 radical (unpaired) electrons. The van der Waals surface area contributed by atoms with Crippen molar-refractivity contribution < 1.29 is 4.79 Å². The Hall–Kier alpha value is -1.13. The van der Waals surface area contributed by atoms with Gasteiger partial charge in [-0.1, -0.05) is 23.7 Å². The van der Waals surface area contributed by atoms with Gasteiger partial charge >= 0.3 is 0 Å². The van der Waals surface area contributed by atoms with E-state index < -0.39 is 0 Å². The molecule has 1 N–H and O–H groups in total. The van der Waals surface area contributed by atoms with Crippen molar-refractivity contribution in [3.8, 4) is 0 Å². The van der Waals surface area contributed by atoms with Crippen LogP contribution >= 0.6 is 23.8 Å². The van der Waals surface area contributed by atoms with Gasteiger partial charge in [0.25, 0.3) is 5.91 Å². The Balaban J connectivity index is 2.03. The number of hydrogen-bond donors (Lipinski definition) is 1. The van der Waals surface area contributed by atoms with Gasteiger partial charge in [-0.3, -0.25) is 10.1 Å². The zero-order chi connectivity index (χ0) is 13.8. The number of benzene rings is 1. The topological polar surface area (TPSA) is 32.3 Å². The van der Waals surface area contributed by atoms with Gasteiger partial charge in [-0.2, -0.15) is 0 Å². The minimum absolute atomic E-state index is 0.242. The number of carbonyl (C=O) groups is 1. The van der Waals surface area contributed by atoms with E-state index in [1.807, 2.05) is 0 Å². The molecule has 1 aromatic carbocycles. The van der Waals surface area contributed by atoms with Crippen LogP contribution in [-0.4, -0.2) is 28.5 Å². The molecule has 0 spiro atoms. The molecule has 102 valence electrons. The van der Waals surface area contributed by atoms with Crippen LogP contribution < -0.4 is 5.32 Å². The molecule has 1 heterocycles. The van der Waals surface area contributed by atoms with E-state index >= 15 is 0 Å². The molecule has 1 fully saturated rings. The summed E-state index contributed by atoms with van der Waals surface area (Å²) in [6, 6.07) is 7.35. The van der Waals surface area contributed by atoms with Crippen LogP contribution in [-0.2, 0) is 0 Å². The first-order chi connectivity index (χ1) is 9.09. The number of piperidine rings is 1. The third kappa shape index (κ3) is 3.45. The molecule has 0 aliphatic carbocycles. The van der Waals surface area contributed by atoms with Crippen molar-refractivity contribution in [2.45, 2.75) is 32.2 Å². The standard InChI is InChI=1S/C14H17ClN2OS/c1-10-6-4-5-9-17(10)14(19)16-13(18)11-7-2-3-8-12(11)15/h2-3,7-8,10H,4-6,9H2,1H3,(H,16,18,19)/t10-/m1/s1. The van der Waals surface area contributed by atoms with E-state index in [0.717, 1.165) is 19.4 Å². The minimum Gasteiger partial charge on any atom is -0.346 e. The molecule has 1 aliphatic heterocycles. The number of rotatable bonds is 1. The molecule has 0 bridgehead atoms. The molecule has 1 atom stereocenters. The second-order valence-electron chi connectivity index (χ2n) is 4.78. The van der Waals surface area contributed by atoms with Gasteiger partial charge in [0.05, 0.1) is 10.6 Å².